The lowest BCUT2D eigenvalue weighted by molar-refractivity contribution is 0.837. The molecule has 0 amide bonds. The first kappa shape index (κ1) is 12.4. The van der Waals surface area contributed by atoms with Gasteiger partial charge in [0.05, 0.1) is 15.6 Å². The normalized spacial score (nSPS) is 11.1. The Hall–Kier alpha value is -1.64. The van der Waals surface area contributed by atoms with Crippen molar-refractivity contribution in [2.45, 2.75) is 6.54 Å². The maximum atomic E-state index is 6.04. The number of nitrogen functional groups attached to an aromatic ring is 1. The van der Waals surface area contributed by atoms with Gasteiger partial charge in [-0.15, -0.1) is 0 Å². The Morgan fingerprint density at radius 1 is 0.947 bits per heavy atom. The van der Waals surface area contributed by atoms with E-state index in [1.54, 1.807) is 0 Å². The van der Waals surface area contributed by atoms with Gasteiger partial charge in [0.25, 0.3) is 0 Å². The first-order chi connectivity index (χ1) is 9.13. The molecule has 0 aliphatic rings. The van der Waals surface area contributed by atoms with Gasteiger partial charge in [0.15, 0.2) is 0 Å². The maximum Gasteiger partial charge on any atom is 0.0595 e. The molecule has 1 aromatic heterocycles. The highest BCUT2D eigenvalue weighted by Crippen LogP contribution is 2.24. The highest BCUT2D eigenvalue weighted by molar-refractivity contribution is 6.42. The first-order valence-electron chi connectivity index (χ1n) is 5.92. The molecule has 0 radical (unpaired) electrons. The Morgan fingerprint density at radius 2 is 1.79 bits per heavy atom. The summed E-state index contributed by atoms with van der Waals surface area (Å²) >= 11 is 12.0. The standard InChI is InChI=1S/C15H12Cl2N2/c16-13-4-1-10(7-14(13)17)9-19-6-5-11-2-3-12(18)8-15(11)19/h1-8H,9,18H2. The Bertz CT molecular complexity index is 747. The molecule has 2 nitrogen and oxygen atoms in total. The van der Waals surface area contributed by atoms with Gasteiger partial charge in [-0.3, -0.25) is 0 Å². The minimum absolute atomic E-state index is 0.576. The van der Waals surface area contributed by atoms with Crippen LogP contribution in [0.1, 0.15) is 5.56 Å². The van der Waals surface area contributed by atoms with Crippen LogP contribution in [0.25, 0.3) is 10.9 Å². The molecule has 1 heterocycles. The van der Waals surface area contributed by atoms with E-state index in [-0.39, 0.29) is 0 Å². The molecule has 0 aliphatic carbocycles. The van der Waals surface area contributed by atoms with Gasteiger partial charge in [-0.05, 0) is 41.3 Å². The number of aromatic nitrogens is 1. The minimum Gasteiger partial charge on any atom is -0.399 e. The second-order valence-corrected chi connectivity index (χ2v) is 5.32. The molecule has 3 rings (SSSR count). The Morgan fingerprint density at radius 3 is 2.58 bits per heavy atom. The lowest BCUT2D eigenvalue weighted by atomic mass is 10.2. The zero-order chi connectivity index (χ0) is 13.4. The van der Waals surface area contributed by atoms with Crippen molar-refractivity contribution in [1.29, 1.82) is 0 Å². The minimum atomic E-state index is 0.576. The van der Waals surface area contributed by atoms with Crippen LogP contribution in [0.3, 0.4) is 0 Å². The van der Waals surface area contributed by atoms with Crippen molar-refractivity contribution in [3.8, 4) is 0 Å². The Labute approximate surface area is 121 Å². The third-order valence-electron chi connectivity index (χ3n) is 3.13. The summed E-state index contributed by atoms with van der Waals surface area (Å²) in [7, 11) is 0. The molecule has 0 atom stereocenters. The van der Waals surface area contributed by atoms with Crippen molar-refractivity contribution in [2.75, 3.05) is 5.73 Å². The van der Waals surface area contributed by atoms with Crippen LogP contribution in [0.5, 0.6) is 0 Å². The van der Waals surface area contributed by atoms with Crippen LogP contribution in [0.4, 0.5) is 5.69 Å². The van der Waals surface area contributed by atoms with E-state index in [9.17, 15) is 0 Å². The quantitative estimate of drug-likeness (QED) is 0.688. The molecule has 0 bridgehead atoms. The summed E-state index contributed by atoms with van der Waals surface area (Å²) in [5.41, 5.74) is 8.83. The van der Waals surface area contributed by atoms with Gasteiger partial charge in [0.1, 0.15) is 0 Å². The predicted molar refractivity (Wildman–Crippen MR) is 81.9 cm³/mol. The molecule has 0 saturated carbocycles. The van der Waals surface area contributed by atoms with Crippen LogP contribution < -0.4 is 5.73 Å². The molecule has 19 heavy (non-hydrogen) atoms. The van der Waals surface area contributed by atoms with E-state index in [2.05, 4.69) is 10.6 Å². The third kappa shape index (κ3) is 2.42. The molecule has 2 aromatic carbocycles. The van der Waals surface area contributed by atoms with E-state index in [4.69, 9.17) is 28.9 Å². The fraction of sp³-hybridized carbons (Fsp3) is 0.0667. The van der Waals surface area contributed by atoms with Crippen molar-refractivity contribution >= 4 is 39.8 Å². The van der Waals surface area contributed by atoms with Crippen LogP contribution in [-0.2, 0) is 6.54 Å². The molecule has 0 spiro atoms. The zero-order valence-electron chi connectivity index (χ0n) is 10.1. The average Bonchev–Trinajstić information content (AvgIpc) is 2.77. The van der Waals surface area contributed by atoms with Gasteiger partial charge < -0.3 is 10.3 Å². The SMILES string of the molecule is Nc1ccc2ccn(Cc3ccc(Cl)c(Cl)c3)c2c1. The number of nitrogens with zero attached hydrogens (tertiary/aromatic N) is 1. The average molecular weight is 291 g/mol. The largest absolute Gasteiger partial charge is 0.399 e. The van der Waals surface area contributed by atoms with Crippen LogP contribution >= 0.6 is 23.2 Å². The molecule has 2 N–H and O–H groups in total. The second kappa shape index (κ2) is 4.80. The highest BCUT2D eigenvalue weighted by Gasteiger charge is 2.04. The van der Waals surface area contributed by atoms with Crippen LogP contribution in [0, 0.1) is 0 Å². The molecular formula is C15H12Cl2N2. The zero-order valence-corrected chi connectivity index (χ0v) is 11.6. The van der Waals surface area contributed by atoms with Crippen molar-refractivity contribution in [3.63, 3.8) is 0 Å². The third-order valence-corrected chi connectivity index (χ3v) is 3.87. The number of hydrogen-bond acceptors (Lipinski definition) is 1. The number of nitrogens with two attached hydrogens (primary N) is 1. The summed E-state index contributed by atoms with van der Waals surface area (Å²) in [5, 5.41) is 2.33. The van der Waals surface area contributed by atoms with Gasteiger partial charge in [-0.1, -0.05) is 35.3 Å². The summed E-state index contributed by atoms with van der Waals surface area (Å²) in [6, 6.07) is 13.7. The number of anilines is 1. The van der Waals surface area contributed by atoms with Crippen molar-refractivity contribution < 1.29 is 0 Å². The molecule has 0 unspecified atom stereocenters. The molecule has 96 valence electrons. The molecule has 4 heteroatoms. The monoisotopic (exact) mass is 290 g/mol. The number of fused-ring (bicyclic) bond motifs is 1. The van der Waals surface area contributed by atoms with Gasteiger partial charge in [-0.2, -0.15) is 0 Å². The summed E-state index contributed by atoms with van der Waals surface area (Å²) in [4.78, 5) is 0. The number of rotatable bonds is 2. The van der Waals surface area contributed by atoms with Gasteiger partial charge in [0.2, 0.25) is 0 Å². The van der Waals surface area contributed by atoms with Crippen molar-refractivity contribution in [1.82, 2.24) is 4.57 Å². The van der Waals surface area contributed by atoms with Crippen LogP contribution in [0.15, 0.2) is 48.7 Å². The maximum absolute atomic E-state index is 6.04. The summed E-state index contributed by atoms with van der Waals surface area (Å²) < 4.78 is 2.14. The lowest BCUT2D eigenvalue weighted by Gasteiger charge is -2.07. The predicted octanol–water partition coefficient (Wildman–Crippen LogP) is 4.58. The summed E-state index contributed by atoms with van der Waals surface area (Å²) in [5.74, 6) is 0. The van der Waals surface area contributed by atoms with Gasteiger partial charge >= 0.3 is 0 Å². The Balaban J connectivity index is 2.00. The van der Waals surface area contributed by atoms with Gasteiger partial charge in [-0.25, -0.2) is 0 Å². The smallest absolute Gasteiger partial charge is 0.0595 e. The fourth-order valence-electron chi connectivity index (χ4n) is 2.17. The fourth-order valence-corrected chi connectivity index (χ4v) is 2.49. The van der Waals surface area contributed by atoms with Crippen molar-refractivity contribution in [2.24, 2.45) is 0 Å². The first-order valence-corrected chi connectivity index (χ1v) is 6.67. The topological polar surface area (TPSA) is 30.9 Å². The molecule has 0 saturated heterocycles. The number of halogens is 2. The Kier molecular flexibility index (Phi) is 3.13. The molecule has 0 aliphatic heterocycles. The number of benzene rings is 2. The van der Waals surface area contributed by atoms with E-state index in [0.717, 1.165) is 23.3 Å². The van der Waals surface area contributed by atoms with E-state index in [1.807, 2.05) is 42.6 Å². The molecule has 3 aromatic rings. The van der Waals surface area contributed by atoms with Crippen molar-refractivity contribution in [3.05, 3.63) is 64.3 Å². The molecular weight excluding hydrogens is 279 g/mol. The lowest BCUT2D eigenvalue weighted by Crippen LogP contribution is -1.98. The highest BCUT2D eigenvalue weighted by atomic mass is 35.5. The van der Waals surface area contributed by atoms with E-state index < -0.39 is 0 Å². The van der Waals surface area contributed by atoms with E-state index in [0.29, 0.717) is 10.0 Å². The van der Waals surface area contributed by atoms with E-state index >= 15 is 0 Å². The number of hydrogen-bond donors (Lipinski definition) is 1. The summed E-state index contributed by atoms with van der Waals surface area (Å²) in [6.45, 7) is 0.740. The van der Waals surface area contributed by atoms with E-state index in [1.165, 1.54) is 5.39 Å². The van der Waals surface area contributed by atoms with Crippen LogP contribution in [-0.4, -0.2) is 4.57 Å². The van der Waals surface area contributed by atoms with Gasteiger partial charge in [0, 0.05) is 18.4 Å². The molecule has 0 fully saturated rings. The van der Waals surface area contributed by atoms with Crippen LogP contribution in [0.2, 0.25) is 10.0 Å². The second-order valence-electron chi connectivity index (χ2n) is 4.51. The summed E-state index contributed by atoms with van der Waals surface area (Å²) in [6.07, 6.45) is 2.05.